The number of oxazole rings is 1. The molecule has 0 bridgehead atoms. The van der Waals surface area contributed by atoms with Crippen molar-refractivity contribution in [2.45, 2.75) is 33.7 Å². The molecule has 0 saturated heterocycles. The van der Waals surface area contributed by atoms with Gasteiger partial charge in [-0.3, -0.25) is 4.79 Å². The number of aryl methyl sites for hydroxylation is 3. The van der Waals surface area contributed by atoms with Crippen LogP contribution in [0.1, 0.15) is 46.1 Å². The van der Waals surface area contributed by atoms with Crippen molar-refractivity contribution in [3.8, 4) is 0 Å². The molecule has 1 aromatic carbocycles. The quantitative estimate of drug-likeness (QED) is 0.925. The van der Waals surface area contributed by atoms with Gasteiger partial charge in [0.2, 0.25) is 5.89 Å². The second kappa shape index (κ2) is 5.79. The molecule has 1 amide bonds. The Morgan fingerprint density at radius 3 is 2.60 bits per heavy atom. The number of hydrogen-bond donors (Lipinski definition) is 1. The molecule has 4 nitrogen and oxygen atoms in total. The van der Waals surface area contributed by atoms with E-state index < -0.39 is 0 Å². The molecule has 0 spiro atoms. The van der Waals surface area contributed by atoms with Crippen LogP contribution in [0.15, 0.2) is 27.2 Å². The van der Waals surface area contributed by atoms with Gasteiger partial charge in [-0.2, -0.15) is 0 Å². The van der Waals surface area contributed by atoms with Crippen LogP contribution in [0.2, 0.25) is 0 Å². The van der Waals surface area contributed by atoms with Crippen molar-refractivity contribution in [1.29, 1.82) is 0 Å². The van der Waals surface area contributed by atoms with E-state index >= 15 is 0 Å². The normalized spacial score (nSPS) is 12.2. The van der Waals surface area contributed by atoms with Crippen LogP contribution in [0.25, 0.3) is 0 Å². The zero-order valence-corrected chi connectivity index (χ0v) is 13.5. The SMILES string of the molecule is Cc1cnc(C(C)NC(=O)c2cc(C)c(Br)cc2C)o1. The maximum Gasteiger partial charge on any atom is 0.252 e. The summed E-state index contributed by atoms with van der Waals surface area (Å²) in [5.74, 6) is 1.13. The van der Waals surface area contributed by atoms with Gasteiger partial charge in [-0.05, 0) is 51.0 Å². The molecule has 0 aliphatic heterocycles. The third kappa shape index (κ3) is 3.10. The Bertz CT molecular complexity index is 649. The van der Waals surface area contributed by atoms with Crippen molar-refractivity contribution < 1.29 is 9.21 Å². The summed E-state index contributed by atoms with van der Waals surface area (Å²) in [5.41, 5.74) is 2.62. The van der Waals surface area contributed by atoms with Gasteiger partial charge < -0.3 is 9.73 Å². The monoisotopic (exact) mass is 336 g/mol. The predicted octanol–water partition coefficient (Wildman–Crippen LogP) is 3.85. The minimum Gasteiger partial charge on any atom is -0.444 e. The van der Waals surface area contributed by atoms with E-state index in [1.807, 2.05) is 39.8 Å². The molecule has 0 saturated carbocycles. The van der Waals surface area contributed by atoms with E-state index in [1.54, 1.807) is 6.20 Å². The molecule has 1 N–H and O–H groups in total. The lowest BCUT2D eigenvalue weighted by atomic mass is 10.0. The van der Waals surface area contributed by atoms with Crippen LogP contribution in [-0.4, -0.2) is 10.9 Å². The van der Waals surface area contributed by atoms with Gasteiger partial charge in [0.25, 0.3) is 5.91 Å². The fourth-order valence-electron chi connectivity index (χ4n) is 1.93. The third-order valence-electron chi connectivity index (χ3n) is 3.11. The standard InChI is InChI=1S/C15H17BrN2O2/c1-8-6-13(16)9(2)5-12(8)14(19)18-11(4)15-17-7-10(3)20-15/h5-7,11H,1-4H3,(H,18,19). The van der Waals surface area contributed by atoms with Crippen molar-refractivity contribution >= 4 is 21.8 Å². The first-order valence-electron chi connectivity index (χ1n) is 6.38. The average molecular weight is 337 g/mol. The number of aromatic nitrogens is 1. The van der Waals surface area contributed by atoms with E-state index in [2.05, 4.69) is 26.2 Å². The Kier molecular flexibility index (Phi) is 4.28. The first-order chi connectivity index (χ1) is 9.38. The van der Waals surface area contributed by atoms with Crippen molar-refractivity contribution in [2.75, 3.05) is 0 Å². The summed E-state index contributed by atoms with van der Waals surface area (Å²) in [5, 5.41) is 2.90. The van der Waals surface area contributed by atoms with E-state index in [4.69, 9.17) is 4.42 Å². The maximum atomic E-state index is 12.3. The summed E-state index contributed by atoms with van der Waals surface area (Å²) < 4.78 is 6.42. The Hall–Kier alpha value is -1.62. The van der Waals surface area contributed by atoms with E-state index in [1.165, 1.54) is 0 Å². The summed E-state index contributed by atoms with van der Waals surface area (Å²) in [6.45, 7) is 7.55. The Balaban J connectivity index is 2.18. The number of amides is 1. The molecule has 0 fully saturated rings. The molecule has 106 valence electrons. The van der Waals surface area contributed by atoms with Gasteiger partial charge in [-0.1, -0.05) is 15.9 Å². The van der Waals surface area contributed by atoms with Gasteiger partial charge in [0.05, 0.1) is 6.20 Å². The topological polar surface area (TPSA) is 55.1 Å². The van der Waals surface area contributed by atoms with Crippen LogP contribution in [0.3, 0.4) is 0 Å². The zero-order valence-electron chi connectivity index (χ0n) is 12.0. The van der Waals surface area contributed by atoms with Crippen molar-refractivity contribution in [3.05, 3.63) is 51.1 Å². The van der Waals surface area contributed by atoms with E-state index in [9.17, 15) is 4.79 Å². The van der Waals surface area contributed by atoms with Crippen LogP contribution in [-0.2, 0) is 0 Å². The lowest BCUT2D eigenvalue weighted by Gasteiger charge is -2.13. The predicted molar refractivity (Wildman–Crippen MR) is 80.7 cm³/mol. The van der Waals surface area contributed by atoms with Gasteiger partial charge in [0.1, 0.15) is 11.8 Å². The summed E-state index contributed by atoms with van der Waals surface area (Å²) >= 11 is 3.46. The number of nitrogens with zero attached hydrogens (tertiary/aromatic N) is 1. The highest BCUT2D eigenvalue weighted by atomic mass is 79.9. The molecule has 2 aromatic rings. The van der Waals surface area contributed by atoms with Crippen molar-refractivity contribution in [1.82, 2.24) is 10.3 Å². The van der Waals surface area contributed by atoms with E-state index in [-0.39, 0.29) is 11.9 Å². The van der Waals surface area contributed by atoms with Crippen LogP contribution in [0, 0.1) is 20.8 Å². The summed E-state index contributed by atoms with van der Waals surface area (Å²) in [4.78, 5) is 16.5. The second-order valence-corrected chi connectivity index (χ2v) is 5.77. The molecule has 0 aliphatic rings. The molecule has 1 aromatic heterocycles. The van der Waals surface area contributed by atoms with Gasteiger partial charge in [-0.25, -0.2) is 4.98 Å². The largest absolute Gasteiger partial charge is 0.444 e. The number of carbonyl (C=O) groups is 1. The van der Waals surface area contributed by atoms with E-state index in [0.29, 0.717) is 11.5 Å². The zero-order chi connectivity index (χ0) is 14.9. The Morgan fingerprint density at radius 1 is 1.30 bits per heavy atom. The van der Waals surface area contributed by atoms with Crippen LogP contribution < -0.4 is 5.32 Å². The molecule has 1 unspecified atom stereocenters. The molecule has 5 heteroatoms. The first kappa shape index (κ1) is 14.8. The third-order valence-corrected chi connectivity index (χ3v) is 3.96. The van der Waals surface area contributed by atoms with Crippen LogP contribution >= 0.6 is 15.9 Å². The number of nitrogens with one attached hydrogen (secondary N) is 1. The first-order valence-corrected chi connectivity index (χ1v) is 7.17. The van der Waals surface area contributed by atoms with Gasteiger partial charge in [-0.15, -0.1) is 0 Å². The number of halogens is 1. The summed E-state index contributed by atoms with van der Waals surface area (Å²) in [6, 6.07) is 3.56. The molecular formula is C15H17BrN2O2. The lowest BCUT2D eigenvalue weighted by molar-refractivity contribution is 0.0933. The Labute approximate surface area is 126 Å². The molecule has 0 radical (unpaired) electrons. The molecule has 1 heterocycles. The molecular weight excluding hydrogens is 320 g/mol. The second-order valence-electron chi connectivity index (χ2n) is 4.92. The van der Waals surface area contributed by atoms with Crippen LogP contribution in [0.4, 0.5) is 0 Å². The smallest absolute Gasteiger partial charge is 0.252 e. The van der Waals surface area contributed by atoms with Gasteiger partial charge in [0, 0.05) is 10.0 Å². The van der Waals surface area contributed by atoms with Gasteiger partial charge in [0.15, 0.2) is 0 Å². The number of benzene rings is 1. The molecule has 20 heavy (non-hydrogen) atoms. The van der Waals surface area contributed by atoms with Gasteiger partial charge >= 0.3 is 0 Å². The van der Waals surface area contributed by atoms with E-state index in [0.717, 1.165) is 21.4 Å². The maximum absolute atomic E-state index is 12.3. The molecule has 0 aliphatic carbocycles. The van der Waals surface area contributed by atoms with Crippen LogP contribution in [0.5, 0.6) is 0 Å². The van der Waals surface area contributed by atoms with Crippen molar-refractivity contribution in [3.63, 3.8) is 0 Å². The highest BCUT2D eigenvalue weighted by molar-refractivity contribution is 9.10. The number of carbonyl (C=O) groups excluding carboxylic acids is 1. The minimum atomic E-state index is -0.264. The molecule has 1 atom stereocenters. The highest BCUT2D eigenvalue weighted by Gasteiger charge is 2.17. The number of rotatable bonds is 3. The Morgan fingerprint density at radius 2 is 2.00 bits per heavy atom. The number of hydrogen-bond acceptors (Lipinski definition) is 3. The average Bonchev–Trinajstić information content (AvgIpc) is 2.80. The van der Waals surface area contributed by atoms with Crippen molar-refractivity contribution in [2.24, 2.45) is 0 Å². The minimum absolute atomic E-state index is 0.124. The fraction of sp³-hybridized carbons (Fsp3) is 0.333. The fourth-order valence-corrected chi connectivity index (χ4v) is 2.39. The highest BCUT2D eigenvalue weighted by Crippen LogP contribution is 2.22. The molecule has 2 rings (SSSR count). The summed E-state index contributed by atoms with van der Waals surface area (Å²) in [7, 11) is 0. The lowest BCUT2D eigenvalue weighted by Crippen LogP contribution is -2.27. The summed E-state index contributed by atoms with van der Waals surface area (Å²) in [6.07, 6.45) is 1.65.